The molecule has 3 rings (SSSR count). The Labute approximate surface area is 135 Å². The van der Waals surface area contributed by atoms with Crippen LogP contribution in [0, 0.1) is 12.8 Å². The normalized spacial score (nSPS) is 11.1. The van der Waals surface area contributed by atoms with Crippen LogP contribution in [-0.2, 0) is 6.54 Å². The van der Waals surface area contributed by atoms with Crippen molar-refractivity contribution < 1.29 is 4.79 Å². The maximum absolute atomic E-state index is 12.7. The molecule has 0 atom stereocenters. The molecule has 118 valence electrons. The number of aromatic nitrogens is 3. The number of aryl methyl sites for hydroxylation is 1. The van der Waals surface area contributed by atoms with Crippen LogP contribution in [0.2, 0.25) is 0 Å². The lowest BCUT2D eigenvalue weighted by molar-refractivity contribution is 0.102. The fourth-order valence-corrected chi connectivity index (χ4v) is 2.61. The molecule has 0 radical (unpaired) electrons. The summed E-state index contributed by atoms with van der Waals surface area (Å²) in [6.07, 6.45) is 1.70. The Balaban J connectivity index is 1.94. The van der Waals surface area contributed by atoms with Gasteiger partial charge in [-0.25, -0.2) is 4.68 Å². The summed E-state index contributed by atoms with van der Waals surface area (Å²) in [4.78, 5) is 17.2. The van der Waals surface area contributed by atoms with E-state index in [0.29, 0.717) is 17.3 Å². The van der Waals surface area contributed by atoms with Crippen LogP contribution in [0.15, 0.2) is 42.6 Å². The molecule has 3 aromatic rings. The van der Waals surface area contributed by atoms with E-state index in [4.69, 9.17) is 0 Å². The summed E-state index contributed by atoms with van der Waals surface area (Å²) in [7, 11) is 0. The standard InChI is InChI=1S/C18H20N4O/c1-12(2)11-22-17(8-9-19-22)21-18(23)15-10-13(3)20-16-7-5-4-6-14(15)16/h4-10,12H,11H2,1-3H3,(H,21,23). The summed E-state index contributed by atoms with van der Waals surface area (Å²) in [5.74, 6) is 1.02. The van der Waals surface area contributed by atoms with E-state index < -0.39 is 0 Å². The minimum Gasteiger partial charge on any atom is -0.307 e. The van der Waals surface area contributed by atoms with Crippen LogP contribution in [0.25, 0.3) is 10.9 Å². The van der Waals surface area contributed by atoms with Crippen molar-refractivity contribution in [3.05, 3.63) is 53.9 Å². The topological polar surface area (TPSA) is 59.8 Å². The molecule has 1 N–H and O–H groups in total. The first-order chi connectivity index (χ1) is 11.0. The third-order valence-electron chi connectivity index (χ3n) is 3.59. The number of hydrogen-bond acceptors (Lipinski definition) is 3. The van der Waals surface area contributed by atoms with E-state index in [-0.39, 0.29) is 5.91 Å². The minimum absolute atomic E-state index is 0.141. The molecule has 5 heteroatoms. The summed E-state index contributed by atoms with van der Waals surface area (Å²) in [6, 6.07) is 11.3. The number of benzene rings is 1. The second kappa shape index (κ2) is 6.20. The average molecular weight is 308 g/mol. The number of anilines is 1. The zero-order chi connectivity index (χ0) is 16.4. The van der Waals surface area contributed by atoms with Gasteiger partial charge in [0, 0.05) is 23.7 Å². The number of carbonyl (C=O) groups is 1. The first-order valence-electron chi connectivity index (χ1n) is 7.74. The molecule has 5 nitrogen and oxygen atoms in total. The van der Waals surface area contributed by atoms with Gasteiger partial charge in [-0.2, -0.15) is 5.10 Å². The zero-order valence-corrected chi connectivity index (χ0v) is 13.6. The molecule has 0 aliphatic rings. The average Bonchev–Trinajstić information content (AvgIpc) is 2.92. The van der Waals surface area contributed by atoms with Gasteiger partial charge in [-0.1, -0.05) is 32.0 Å². The van der Waals surface area contributed by atoms with Crippen LogP contribution in [0.1, 0.15) is 29.9 Å². The molecular formula is C18H20N4O. The van der Waals surface area contributed by atoms with Crippen molar-refractivity contribution in [3.63, 3.8) is 0 Å². The maximum atomic E-state index is 12.7. The molecule has 2 aromatic heterocycles. The van der Waals surface area contributed by atoms with Crippen LogP contribution in [0.3, 0.4) is 0 Å². The predicted octanol–water partition coefficient (Wildman–Crippen LogP) is 3.65. The largest absolute Gasteiger partial charge is 0.307 e. The first-order valence-corrected chi connectivity index (χ1v) is 7.74. The lowest BCUT2D eigenvalue weighted by Gasteiger charge is -2.12. The Kier molecular flexibility index (Phi) is 4.10. The van der Waals surface area contributed by atoms with Gasteiger partial charge in [0.2, 0.25) is 0 Å². The number of para-hydroxylation sites is 1. The van der Waals surface area contributed by atoms with Crippen LogP contribution >= 0.6 is 0 Å². The molecule has 0 aliphatic heterocycles. The lowest BCUT2D eigenvalue weighted by Crippen LogP contribution is -2.17. The Bertz CT molecular complexity index is 851. The number of amides is 1. The first kappa shape index (κ1) is 15.2. The highest BCUT2D eigenvalue weighted by atomic mass is 16.1. The number of nitrogens with zero attached hydrogens (tertiary/aromatic N) is 3. The summed E-state index contributed by atoms with van der Waals surface area (Å²) < 4.78 is 1.82. The van der Waals surface area contributed by atoms with Gasteiger partial charge < -0.3 is 5.32 Å². The van der Waals surface area contributed by atoms with Crippen molar-refractivity contribution in [2.24, 2.45) is 5.92 Å². The second-order valence-corrected chi connectivity index (χ2v) is 6.07. The summed E-state index contributed by atoms with van der Waals surface area (Å²) in [5, 5.41) is 8.09. The Morgan fingerprint density at radius 2 is 2.04 bits per heavy atom. The maximum Gasteiger partial charge on any atom is 0.257 e. The highest BCUT2D eigenvalue weighted by Crippen LogP contribution is 2.20. The van der Waals surface area contributed by atoms with Crippen LogP contribution in [0.5, 0.6) is 0 Å². The summed E-state index contributed by atoms with van der Waals surface area (Å²) in [6.45, 7) is 6.89. The van der Waals surface area contributed by atoms with Gasteiger partial charge in [0.1, 0.15) is 5.82 Å². The second-order valence-electron chi connectivity index (χ2n) is 6.07. The number of carbonyl (C=O) groups excluding carboxylic acids is 1. The third kappa shape index (κ3) is 3.23. The Morgan fingerprint density at radius 3 is 2.83 bits per heavy atom. The zero-order valence-electron chi connectivity index (χ0n) is 13.6. The van der Waals surface area contributed by atoms with Gasteiger partial charge in [-0.3, -0.25) is 9.78 Å². The van der Waals surface area contributed by atoms with Crippen molar-refractivity contribution in [1.29, 1.82) is 0 Å². The Morgan fingerprint density at radius 1 is 1.26 bits per heavy atom. The van der Waals surface area contributed by atoms with E-state index >= 15 is 0 Å². The minimum atomic E-state index is -0.141. The smallest absolute Gasteiger partial charge is 0.257 e. The van der Waals surface area contributed by atoms with E-state index in [1.807, 2.05) is 48.0 Å². The van der Waals surface area contributed by atoms with Crippen LogP contribution < -0.4 is 5.32 Å². The molecule has 23 heavy (non-hydrogen) atoms. The molecule has 0 bridgehead atoms. The van der Waals surface area contributed by atoms with Crippen molar-refractivity contribution >= 4 is 22.6 Å². The van der Waals surface area contributed by atoms with Crippen LogP contribution in [-0.4, -0.2) is 20.7 Å². The molecule has 0 saturated heterocycles. The molecule has 0 unspecified atom stereocenters. The van der Waals surface area contributed by atoms with Gasteiger partial charge in [0.05, 0.1) is 17.3 Å². The summed E-state index contributed by atoms with van der Waals surface area (Å²) in [5.41, 5.74) is 2.28. The molecule has 1 amide bonds. The monoisotopic (exact) mass is 308 g/mol. The number of nitrogens with one attached hydrogen (secondary N) is 1. The van der Waals surface area contributed by atoms with Gasteiger partial charge >= 0.3 is 0 Å². The molecule has 2 heterocycles. The third-order valence-corrected chi connectivity index (χ3v) is 3.59. The molecule has 1 aromatic carbocycles. The van der Waals surface area contributed by atoms with E-state index in [2.05, 4.69) is 29.2 Å². The Hall–Kier alpha value is -2.69. The van der Waals surface area contributed by atoms with E-state index in [9.17, 15) is 4.79 Å². The highest BCUT2D eigenvalue weighted by Gasteiger charge is 2.14. The van der Waals surface area contributed by atoms with Gasteiger partial charge in [0.15, 0.2) is 0 Å². The van der Waals surface area contributed by atoms with Gasteiger partial charge in [0.25, 0.3) is 5.91 Å². The van der Waals surface area contributed by atoms with Crippen molar-refractivity contribution in [3.8, 4) is 0 Å². The predicted molar refractivity (Wildman–Crippen MR) is 91.5 cm³/mol. The fourth-order valence-electron chi connectivity index (χ4n) is 2.61. The molecule has 0 saturated carbocycles. The summed E-state index contributed by atoms with van der Waals surface area (Å²) >= 11 is 0. The fraction of sp³-hybridized carbons (Fsp3) is 0.278. The van der Waals surface area contributed by atoms with Crippen molar-refractivity contribution in [1.82, 2.24) is 14.8 Å². The lowest BCUT2D eigenvalue weighted by atomic mass is 10.1. The van der Waals surface area contributed by atoms with Crippen molar-refractivity contribution in [2.45, 2.75) is 27.3 Å². The SMILES string of the molecule is Cc1cc(C(=O)Nc2ccnn2CC(C)C)c2ccccc2n1. The van der Waals surface area contributed by atoms with Gasteiger partial charge in [-0.05, 0) is 25.0 Å². The highest BCUT2D eigenvalue weighted by molar-refractivity contribution is 6.12. The quantitative estimate of drug-likeness (QED) is 0.800. The number of fused-ring (bicyclic) bond motifs is 1. The number of hydrogen-bond donors (Lipinski definition) is 1. The molecule has 0 spiro atoms. The molecule has 0 aliphatic carbocycles. The molecular weight excluding hydrogens is 288 g/mol. The number of rotatable bonds is 4. The number of pyridine rings is 1. The van der Waals surface area contributed by atoms with Crippen molar-refractivity contribution in [2.75, 3.05) is 5.32 Å². The van der Waals surface area contributed by atoms with E-state index in [1.54, 1.807) is 6.20 Å². The van der Waals surface area contributed by atoms with E-state index in [0.717, 1.165) is 23.1 Å². The van der Waals surface area contributed by atoms with Gasteiger partial charge in [-0.15, -0.1) is 0 Å². The van der Waals surface area contributed by atoms with E-state index in [1.165, 1.54) is 0 Å². The van der Waals surface area contributed by atoms with Crippen LogP contribution in [0.4, 0.5) is 5.82 Å². The molecule has 0 fully saturated rings.